The molecule has 1 heterocycles. The minimum Gasteiger partial charge on any atom is -0.383 e. The molecule has 0 bridgehead atoms. The van der Waals surface area contributed by atoms with Crippen LogP contribution in [-0.2, 0) is 11.3 Å². The molecule has 1 aromatic heterocycles. The van der Waals surface area contributed by atoms with E-state index < -0.39 is 0 Å². The summed E-state index contributed by atoms with van der Waals surface area (Å²) in [5.74, 6) is 0.246. The number of halogens is 1. The molecule has 0 aliphatic heterocycles. The third-order valence-corrected chi connectivity index (χ3v) is 2.52. The predicted molar refractivity (Wildman–Crippen MR) is 62.0 cm³/mol. The van der Waals surface area contributed by atoms with Gasteiger partial charge in [-0.3, -0.25) is 0 Å². The van der Waals surface area contributed by atoms with Crippen LogP contribution in [0.5, 0.6) is 0 Å². The Balaban J connectivity index is 2.35. The number of methoxy groups -OCH3 is 1. The van der Waals surface area contributed by atoms with Crippen molar-refractivity contribution < 1.29 is 9.13 Å². The molecule has 17 heavy (non-hydrogen) atoms. The lowest BCUT2D eigenvalue weighted by Crippen LogP contribution is -2.05. The lowest BCUT2D eigenvalue weighted by atomic mass is 10.1. The second kappa shape index (κ2) is 5.05. The van der Waals surface area contributed by atoms with Crippen molar-refractivity contribution in [3.8, 4) is 11.4 Å². The molecule has 0 amide bonds. The summed E-state index contributed by atoms with van der Waals surface area (Å²) in [5.41, 5.74) is 1.35. The summed E-state index contributed by atoms with van der Waals surface area (Å²) >= 11 is 0. The number of aryl methyl sites for hydroxylation is 1. The molecule has 0 saturated heterocycles. The smallest absolute Gasteiger partial charge is 0.166 e. The van der Waals surface area contributed by atoms with E-state index in [0.29, 0.717) is 24.5 Å². The number of nitrogens with zero attached hydrogens (tertiary/aromatic N) is 3. The van der Waals surface area contributed by atoms with Gasteiger partial charge in [-0.2, -0.15) is 0 Å². The molecule has 5 heteroatoms. The Labute approximate surface area is 99.1 Å². The fourth-order valence-corrected chi connectivity index (χ4v) is 1.62. The SMILES string of the molecule is COCCn1cnnc1-c1ccc(C)cc1F. The number of ether oxygens (including phenoxy) is 1. The van der Waals surface area contributed by atoms with Crippen LogP contribution >= 0.6 is 0 Å². The zero-order valence-electron chi connectivity index (χ0n) is 9.85. The van der Waals surface area contributed by atoms with Crippen LogP contribution in [0.3, 0.4) is 0 Å². The predicted octanol–water partition coefficient (Wildman–Crippen LogP) is 2.04. The van der Waals surface area contributed by atoms with Crippen LogP contribution in [0.2, 0.25) is 0 Å². The van der Waals surface area contributed by atoms with Crippen LogP contribution in [-0.4, -0.2) is 28.5 Å². The average molecular weight is 235 g/mol. The van der Waals surface area contributed by atoms with Gasteiger partial charge in [-0.1, -0.05) is 6.07 Å². The summed E-state index contributed by atoms with van der Waals surface area (Å²) in [5, 5.41) is 7.75. The summed E-state index contributed by atoms with van der Waals surface area (Å²) in [6, 6.07) is 5.07. The van der Waals surface area contributed by atoms with Crippen LogP contribution in [0.15, 0.2) is 24.5 Å². The van der Waals surface area contributed by atoms with E-state index in [1.807, 2.05) is 13.0 Å². The molecule has 0 saturated carbocycles. The van der Waals surface area contributed by atoms with Crippen LogP contribution in [0, 0.1) is 12.7 Å². The second-order valence-corrected chi connectivity index (χ2v) is 3.82. The second-order valence-electron chi connectivity index (χ2n) is 3.82. The molecule has 0 aliphatic carbocycles. The third kappa shape index (κ3) is 2.50. The minimum atomic E-state index is -0.281. The monoisotopic (exact) mass is 235 g/mol. The van der Waals surface area contributed by atoms with Crippen LogP contribution in [0.4, 0.5) is 4.39 Å². The van der Waals surface area contributed by atoms with E-state index in [1.54, 1.807) is 24.1 Å². The standard InChI is InChI=1S/C12H14FN3O/c1-9-3-4-10(11(13)7-9)12-15-14-8-16(12)5-6-17-2/h3-4,7-8H,5-6H2,1-2H3. The largest absolute Gasteiger partial charge is 0.383 e. The Morgan fingerprint density at radius 1 is 1.41 bits per heavy atom. The third-order valence-electron chi connectivity index (χ3n) is 2.52. The molecule has 0 N–H and O–H groups in total. The van der Waals surface area contributed by atoms with Crippen molar-refractivity contribution in [2.45, 2.75) is 13.5 Å². The molecule has 0 fully saturated rings. The number of aromatic nitrogens is 3. The molecule has 0 unspecified atom stereocenters. The summed E-state index contributed by atoms with van der Waals surface area (Å²) in [7, 11) is 1.62. The van der Waals surface area contributed by atoms with Crippen LogP contribution < -0.4 is 0 Å². The molecule has 0 spiro atoms. The lowest BCUT2D eigenvalue weighted by molar-refractivity contribution is 0.187. The van der Waals surface area contributed by atoms with Gasteiger partial charge >= 0.3 is 0 Å². The van der Waals surface area contributed by atoms with Crippen molar-refractivity contribution >= 4 is 0 Å². The van der Waals surface area contributed by atoms with E-state index in [1.165, 1.54) is 6.07 Å². The first kappa shape index (κ1) is 11.7. The van der Waals surface area contributed by atoms with Gasteiger partial charge in [0, 0.05) is 13.7 Å². The molecule has 90 valence electrons. The van der Waals surface area contributed by atoms with Gasteiger partial charge in [0.25, 0.3) is 0 Å². The highest BCUT2D eigenvalue weighted by molar-refractivity contribution is 5.56. The zero-order chi connectivity index (χ0) is 12.3. The fraction of sp³-hybridized carbons (Fsp3) is 0.333. The van der Waals surface area contributed by atoms with Gasteiger partial charge in [-0.05, 0) is 24.6 Å². The topological polar surface area (TPSA) is 39.9 Å². The fourth-order valence-electron chi connectivity index (χ4n) is 1.62. The van der Waals surface area contributed by atoms with Gasteiger partial charge in [0.1, 0.15) is 12.1 Å². The quantitative estimate of drug-likeness (QED) is 0.814. The van der Waals surface area contributed by atoms with Gasteiger partial charge < -0.3 is 9.30 Å². The van der Waals surface area contributed by atoms with Crippen molar-refractivity contribution in [2.24, 2.45) is 0 Å². The molecule has 4 nitrogen and oxygen atoms in total. The van der Waals surface area contributed by atoms with Gasteiger partial charge in [-0.25, -0.2) is 4.39 Å². The maximum atomic E-state index is 13.8. The van der Waals surface area contributed by atoms with E-state index in [-0.39, 0.29) is 5.82 Å². The number of hydrogen-bond donors (Lipinski definition) is 0. The van der Waals surface area contributed by atoms with Gasteiger partial charge in [0.05, 0.1) is 12.2 Å². The van der Waals surface area contributed by atoms with Crippen LogP contribution in [0.1, 0.15) is 5.56 Å². The maximum absolute atomic E-state index is 13.8. The minimum absolute atomic E-state index is 0.281. The van der Waals surface area contributed by atoms with Crippen molar-refractivity contribution in [2.75, 3.05) is 13.7 Å². The summed E-state index contributed by atoms with van der Waals surface area (Å²) in [6.07, 6.45) is 1.58. The maximum Gasteiger partial charge on any atom is 0.166 e. The van der Waals surface area contributed by atoms with E-state index >= 15 is 0 Å². The van der Waals surface area contributed by atoms with E-state index in [9.17, 15) is 4.39 Å². The molecular weight excluding hydrogens is 221 g/mol. The molecular formula is C12H14FN3O. The molecule has 0 aliphatic rings. The number of hydrogen-bond acceptors (Lipinski definition) is 3. The lowest BCUT2D eigenvalue weighted by Gasteiger charge is -2.07. The molecule has 2 aromatic rings. The van der Waals surface area contributed by atoms with Gasteiger partial charge in [0.15, 0.2) is 5.82 Å². The van der Waals surface area contributed by atoms with E-state index in [4.69, 9.17) is 4.74 Å². The highest BCUT2D eigenvalue weighted by atomic mass is 19.1. The first-order chi connectivity index (χ1) is 8.22. The molecule has 1 aromatic carbocycles. The Morgan fingerprint density at radius 2 is 2.24 bits per heavy atom. The summed E-state index contributed by atoms with van der Waals surface area (Å²) in [4.78, 5) is 0. The van der Waals surface area contributed by atoms with Gasteiger partial charge in [0.2, 0.25) is 0 Å². The molecule has 0 atom stereocenters. The highest BCUT2D eigenvalue weighted by Gasteiger charge is 2.11. The highest BCUT2D eigenvalue weighted by Crippen LogP contribution is 2.21. The van der Waals surface area contributed by atoms with Crippen molar-refractivity contribution in [1.82, 2.24) is 14.8 Å². The molecule has 0 radical (unpaired) electrons. The Morgan fingerprint density at radius 3 is 2.94 bits per heavy atom. The van der Waals surface area contributed by atoms with Crippen molar-refractivity contribution in [1.29, 1.82) is 0 Å². The molecule has 2 rings (SSSR count). The summed E-state index contributed by atoms with van der Waals surface area (Å²) < 4.78 is 20.6. The van der Waals surface area contributed by atoms with Crippen molar-refractivity contribution in [3.05, 3.63) is 35.9 Å². The average Bonchev–Trinajstić information content (AvgIpc) is 2.74. The Bertz CT molecular complexity index is 510. The zero-order valence-corrected chi connectivity index (χ0v) is 9.85. The van der Waals surface area contributed by atoms with E-state index in [2.05, 4.69) is 10.2 Å². The van der Waals surface area contributed by atoms with E-state index in [0.717, 1.165) is 5.56 Å². The Kier molecular flexibility index (Phi) is 3.49. The number of benzene rings is 1. The Hall–Kier alpha value is -1.75. The normalized spacial score (nSPS) is 10.8. The van der Waals surface area contributed by atoms with Gasteiger partial charge in [-0.15, -0.1) is 10.2 Å². The summed E-state index contributed by atoms with van der Waals surface area (Å²) in [6.45, 7) is 2.99. The first-order valence-electron chi connectivity index (χ1n) is 5.35. The van der Waals surface area contributed by atoms with Crippen LogP contribution in [0.25, 0.3) is 11.4 Å². The number of rotatable bonds is 4. The first-order valence-corrected chi connectivity index (χ1v) is 5.35. The van der Waals surface area contributed by atoms with Crippen molar-refractivity contribution in [3.63, 3.8) is 0 Å².